The van der Waals surface area contributed by atoms with Crippen molar-refractivity contribution < 1.29 is 9.47 Å². The summed E-state index contributed by atoms with van der Waals surface area (Å²) in [6.07, 6.45) is 0. The van der Waals surface area contributed by atoms with Gasteiger partial charge in [-0.25, -0.2) is 4.98 Å². The lowest BCUT2D eigenvalue weighted by Crippen LogP contribution is -1.91. The quantitative estimate of drug-likeness (QED) is 0.626. The first-order valence-electron chi connectivity index (χ1n) is 6.80. The lowest BCUT2D eigenvalue weighted by Gasteiger charge is -2.09. The molecule has 2 aromatic carbocycles. The molecule has 0 atom stereocenters. The van der Waals surface area contributed by atoms with Gasteiger partial charge in [0.05, 0.1) is 24.8 Å². The maximum absolute atomic E-state index is 5.97. The molecule has 1 aromatic heterocycles. The van der Waals surface area contributed by atoms with Crippen LogP contribution in [0.3, 0.4) is 0 Å². The highest BCUT2D eigenvalue weighted by Crippen LogP contribution is 2.41. The van der Waals surface area contributed by atoms with E-state index in [1.807, 2.05) is 42.5 Å². The van der Waals surface area contributed by atoms with Crippen LogP contribution in [0.1, 0.15) is 0 Å². The number of thiazole rings is 1. The maximum Gasteiger partial charge on any atom is 0.161 e. The monoisotopic (exact) mass is 363 g/mol. The van der Waals surface area contributed by atoms with Crippen molar-refractivity contribution >= 4 is 35.6 Å². The SMILES string of the molecule is COc1ccc(-c2sc(S)nc2-c2ccc(Cl)cc2)cc1OC. The van der Waals surface area contributed by atoms with E-state index in [2.05, 4.69) is 17.6 Å². The predicted octanol–water partition coefficient (Wildman–Crippen LogP) is 5.44. The Morgan fingerprint density at radius 3 is 2.26 bits per heavy atom. The van der Waals surface area contributed by atoms with Crippen LogP contribution in [-0.4, -0.2) is 19.2 Å². The number of ether oxygens (including phenoxy) is 2. The molecular formula is C17H14ClNO2S2. The largest absolute Gasteiger partial charge is 0.493 e. The number of hydrogen-bond donors (Lipinski definition) is 1. The number of aromatic nitrogens is 1. The standard InChI is InChI=1S/C17H14ClNO2S2/c1-20-13-8-5-11(9-14(13)21-2)16-15(19-17(22)23-16)10-3-6-12(18)7-4-10/h3-9H,1-2H3,(H,19,22). The Hall–Kier alpha value is -1.69. The minimum absolute atomic E-state index is 0.682. The molecule has 0 saturated carbocycles. The van der Waals surface area contributed by atoms with E-state index in [9.17, 15) is 0 Å². The van der Waals surface area contributed by atoms with Gasteiger partial charge in [-0.15, -0.1) is 24.0 Å². The molecule has 0 unspecified atom stereocenters. The summed E-state index contributed by atoms with van der Waals surface area (Å²) < 4.78 is 11.4. The number of rotatable bonds is 4. The van der Waals surface area contributed by atoms with E-state index in [1.165, 1.54) is 11.3 Å². The number of benzene rings is 2. The van der Waals surface area contributed by atoms with Crippen LogP contribution in [0.25, 0.3) is 21.7 Å². The first kappa shape index (κ1) is 16.2. The third-order valence-electron chi connectivity index (χ3n) is 3.38. The molecule has 23 heavy (non-hydrogen) atoms. The third-order valence-corrected chi connectivity index (χ3v) is 4.91. The zero-order valence-electron chi connectivity index (χ0n) is 12.5. The molecular weight excluding hydrogens is 350 g/mol. The fourth-order valence-electron chi connectivity index (χ4n) is 2.29. The van der Waals surface area contributed by atoms with E-state index >= 15 is 0 Å². The number of hydrogen-bond acceptors (Lipinski definition) is 5. The minimum Gasteiger partial charge on any atom is -0.493 e. The summed E-state index contributed by atoms with van der Waals surface area (Å²) in [6, 6.07) is 13.4. The van der Waals surface area contributed by atoms with Crippen molar-refractivity contribution in [1.82, 2.24) is 4.98 Å². The van der Waals surface area contributed by atoms with Crippen molar-refractivity contribution in [3.63, 3.8) is 0 Å². The number of halogens is 1. The van der Waals surface area contributed by atoms with Gasteiger partial charge < -0.3 is 9.47 Å². The average molecular weight is 364 g/mol. The molecule has 3 rings (SSSR count). The Balaban J connectivity index is 2.12. The van der Waals surface area contributed by atoms with E-state index in [-0.39, 0.29) is 0 Å². The van der Waals surface area contributed by atoms with Gasteiger partial charge in [0.2, 0.25) is 0 Å². The Bertz CT molecular complexity index is 831. The van der Waals surface area contributed by atoms with Crippen LogP contribution < -0.4 is 9.47 Å². The van der Waals surface area contributed by atoms with Gasteiger partial charge >= 0.3 is 0 Å². The molecule has 1 heterocycles. The summed E-state index contributed by atoms with van der Waals surface area (Å²) in [7, 11) is 3.24. The van der Waals surface area contributed by atoms with Gasteiger partial charge in [0.1, 0.15) is 4.34 Å². The van der Waals surface area contributed by atoms with E-state index in [0.29, 0.717) is 20.9 Å². The second-order valence-electron chi connectivity index (χ2n) is 4.75. The van der Waals surface area contributed by atoms with Crippen LogP contribution in [0.5, 0.6) is 11.5 Å². The second-order valence-corrected chi connectivity index (χ2v) is 6.91. The van der Waals surface area contributed by atoms with Crippen LogP contribution in [0.15, 0.2) is 46.8 Å². The highest BCUT2D eigenvalue weighted by molar-refractivity contribution is 7.82. The van der Waals surface area contributed by atoms with E-state index in [1.54, 1.807) is 14.2 Å². The molecule has 0 N–H and O–H groups in total. The molecule has 0 aliphatic heterocycles. The van der Waals surface area contributed by atoms with Crippen molar-refractivity contribution in [3.8, 4) is 33.2 Å². The zero-order valence-corrected chi connectivity index (χ0v) is 15.0. The Morgan fingerprint density at radius 1 is 0.957 bits per heavy atom. The second kappa shape index (κ2) is 6.83. The van der Waals surface area contributed by atoms with E-state index < -0.39 is 0 Å². The topological polar surface area (TPSA) is 31.4 Å². The first-order valence-corrected chi connectivity index (χ1v) is 8.44. The molecule has 3 nitrogen and oxygen atoms in total. The van der Waals surface area contributed by atoms with E-state index in [4.69, 9.17) is 21.1 Å². The minimum atomic E-state index is 0.682. The number of thiol groups is 1. The smallest absolute Gasteiger partial charge is 0.161 e. The molecule has 0 fully saturated rings. The summed E-state index contributed by atoms with van der Waals surface area (Å²) in [5.74, 6) is 1.38. The maximum atomic E-state index is 5.97. The van der Waals surface area contributed by atoms with E-state index in [0.717, 1.165) is 21.7 Å². The van der Waals surface area contributed by atoms with Gasteiger partial charge in [-0.2, -0.15) is 0 Å². The van der Waals surface area contributed by atoms with Gasteiger partial charge in [-0.05, 0) is 35.9 Å². The van der Waals surface area contributed by atoms with Crippen molar-refractivity contribution in [3.05, 3.63) is 47.5 Å². The summed E-state index contributed by atoms with van der Waals surface area (Å²) in [5, 5.41) is 0.697. The highest BCUT2D eigenvalue weighted by atomic mass is 35.5. The Morgan fingerprint density at radius 2 is 1.61 bits per heavy atom. The van der Waals surface area contributed by atoms with Crippen LogP contribution >= 0.6 is 35.6 Å². The Kier molecular flexibility index (Phi) is 4.80. The van der Waals surface area contributed by atoms with Gasteiger partial charge in [0.25, 0.3) is 0 Å². The first-order chi connectivity index (χ1) is 11.1. The summed E-state index contributed by atoms with van der Waals surface area (Å²) in [5.41, 5.74) is 2.88. The highest BCUT2D eigenvalue weighted by Gasteiger charge is 2.15. The summed E-state index contributed by atoms with van der Waals surface area (Å²) >= 11 is 11.9. The van der Waals surface area contributed by atoms with Crippen LogP contribution in [0.4, 0.5) is 0 Å². The van der Waals surface area contributed by atoms with Gasteiger partial charge in [0.15, 0.2) is 11.5 Å². The van der Waals surface area contributed by atoms with Crippen LogP contribution in [-0.2, 0) is 0 Å². The van der Waals surface area contributed by atoms with Crippen LogP contribution in [0.2, 0.25) is 5.02 Å². The molecule has 0 spiro atoms. The van der Waals surface area contributed by atoms with Gasteiger partial charge in [0, 0.05) is 10.6 Å². The molecule has 0 aliphatic rings. The van der Waals surface area contributed by atoms with Crippen molar-refractivity contribution in [1.29, 1.82) is 0 Å². The molecule has 0 bridgehead atoms. The fourth-order valence-corrected chi connectivity index (χ4v) is 3.61. The zero-order chi connectivity index (χ0) is 16.4. The molecule has 0 amide bonds. The lowest BCUT2D eigenvalue weighted by molar-refractivity contribution is 0.355. The summed E-state index contributed by atoms with van der Waals surface area (Å²) in [6.45, 7) is 0. The molecule has 118 valence electrons. The summed E-state index contributed by atoms with van der Waals surface area (Å²) in [4.78, 5) is 5.58. The molecule has 3 aromatic rings. The van der Waals surface area contributed by atoms with Gasteiger partial charge in [-0.1, -0.05) is 23.7 Å². The van der Waals surface area contributed by atoms with Crippen molar-refractivity contribution in [2.75, 3.05) is 14.2 Å². The third kappa shape index (κ3) is 3.32. The average Bonchev–Trinajstić information content (AvgIpc) is 2.96. The number of methoxy groups -OCH3 is 2. The van der Waals surface area contributed by atoms with Crippen molar-refractivity contribution in [2.24, 2.45) is 0 Å². The predicted molar refractivity (Wildman–Crippen MR) is 98.4 cm³/mol. The number of nitrogens with zero attached hydrogens (tertiary/aromatic N) is 1. The fraction of sp³-hybridized carbons (Fsp3) is 0.118. The molecule has 0 saturated heterocycles. The molecule has 6 heteroatoms. The molecule has 0 aliphatic carbocycles. The van der Waals surface area contributed by atoms with Gasteiger partial charge in [-0.3, -0.25) is 0 Å². The molecule has 0 radical (unpaired) electrons. The Labute approximate surface area is 149 Å². The lowest BCUT2D eigenvalue weighted by atomic mass is 10.1. The van der Waals surface area contributed by atoms with Crippen LogP contribution in [0, 0.1) is 0 Å². The normalized spacial score (nSPS) is 10.6. The van der Waals surface area contributed by atoms with Crippen molar-refractivity contribution in [2.45, 2.75) is 4.34 Å².